The zero-order chi connectivity index (χ0) is 23.0. The van der Waals surface area contributed by atoms with Gasteiger partial charge in [-0.1, -0.05) is 6.07 Å². The minimum absolute atomic E-state index is 0.0818. The van der Waals surface area contributed by atoms with Gasteiger partial charge >= 0.3 is 5.97 Å². The quantitative estimate of drug-likeness (QED) is 0.614. The first-order valence-electron chi connectivity index (χ1n) is 11.2. The van der Waals surface area contributed by atoms with Crippen LogP contribution in [0.4, 0.5) is 0 Å². The SMILES string of the molecule is C[C@@]1(C(=O)O)[C@H](CN2CCC(C#N)CC2)CCN1N1Cc2cc(O)ccc2CC1C(N)=O. The second-order valence-corrected chi connectivity index (χ2v) is 9.44. The fourth-order valence-electron chi connectivity index (χ4n) is 5.57. The van der Waals surface area contributed by atoms with Gasteiger partial charge in [-0.15, -0.1) is 0 Å². The third kappa shape index (κ3) is 3.94. The Morgan fingerprint density at radius 1 is 1.22 bits per heavy atom. The first kappa shape index (κ1) is 22.5. The monoisotopic (exact) mass is 441 g/mol. The minimum atomic E-state index is -1.19. The van der Waals surface area contributed by atoms with E-state index in [-0.39, 0.29) is 17.6 Å². The predicted octanol–water partition coefficient (Wildman–Crippen LogP) is 0.920. The largest absolute Gasteiger partial charge is 0.508 e. The number of likely N-dealkylation sites (tertiary alicyclic amines) is 1. The third-order valence-electron chi connectivity index (χ3n) is 7.64. The Morgan fingerprint density at radius 3 is 2.56 bits per heavy atom. The Morgan fingerprint density at radius 2 is 1.94 bits per heavy atom. The molecular formula is C23H31N5O4. The van der Waals surface area contributed by atoms with Crippen LogP contribution in [0.25, 0.3) is 0 Å². The van der Waals surface area contributed by atoms with Crippen molar-refractivity contribution in [1.82, 2.24) is 14.9 Å². The van der Waals surface area contributed by atoms with E-state index in [9.17, 15) is 19.8 Å². The summed E-state index contributed by atoms with van der Waals surface area (Å²) in [6.07, 6.45) is 2.69. The van der Waals surface area contributed by atoms with Gasteiger partial charge in [-0.05, 0) is 69.0 Å². The first-order chi connectivity index (χ1) is 15.2. The van der Waals surface area contributed by atoms with Crippen LogP contribution in [0.3, 0.4) is 0 Å². The molecule has 0 radical (unpaired) electrons. The van der Waals surface area contributed by atoms with Crippen molar-refractivity contribution >= 4 is 11.9 Å². The molecule has 3 heterocycles. The minimum Gasteiger partial charge on any atom is -0.508 e. The first-order valence-corrected chi connectivity index (χ1v) is 11.2. The van der Waals surface area contributed by atoms with Crippen LogP contribution in [0, 0.1) is 23.2 Å². The van der Waals surface area contributed by atoms with Gasteiger partial charge in [0, 0.05) is 31.5 Å². The van der Waals surface area contributed by atoms with Crippen molar-refractivity contribution in [3.63, 3.8) is 0 Å². The summed E-state index contributed by atoms with van der Waals surface area (Å²) in [7, 11) is 0. The van der Waals surface area contributed by atoms with Gasteiger partial charge in [-0.25, -0.2) is 10.0 Å². The number of fused-ring (bicyclic) bond motifs is 1. The molecule has 3 aliphatic heterocycles. The van der Waals surface area contributed by atoms with Crippen molar-refractivity contribution in [3.05, 3.63) is 29.3 Å². The van der Waals surface area contributed by atoms with E-state index >= 15 is 0 Å². The summed E-state index contributed by atoms with van der Waals surface area (Å²) in [5.41, 5.74) is 6.38. The van der Waals surface area contributed by atoms with E-state index in [4.69, 9.17) is 11.0 Å². The number of phenolic OH excluding ortho intramolecular Hbond substituents is 1. The lowest BCUT2D eigenvalue weighted by Gasteiger charge is -2.47. The number of aromatic hydroxyl groups is 1. The highest BCUT2D eigenvalue weighted by Gasteiger charge is 2.55. The molecule has 2 saturated heterocycles. The lowest BCUT2D eigenvalue weighted by Crippen LogP contribution is -2.65. The van der Waals surface area contributed by atoms with Crippen LogP contribution >= 0.6 is 0 Å². The molecular weight excluding hydrogens is 410 g/mol. The summed E-state index contributed by atoms with van der Waals surface area (Å²) in [5, 5.41) is 33.0. The van der Waals surface area contributed by atoms with Gasteiger partial charge < -0.3 is 20.8 Å². The Kier molecular flexibility index (Phi) is 6.12. The molecule has 0 aliphatic carbocycles. The van der Waals surface area contributed by atoms with E-state index in [0.29, 0.717) is 32.5 Å². The molecule has 4 rings (SSSR count). The Balaban J connectivity index is 1.58. The fraction of sp³-hybridized carbons (Fsp3) is 0.609. The fourth-order valence-corrected chi connectivity index (χ4v) is 5.57. The van der Waals surface area contributed by atoms with Crippen molar-refractivity contribution in [3.8, 4) is 11.8 Å². The van der Waals surface area contributed by atoms with E-state index in [1.54, 1.807) is 30.1 Å². The second kappa shape index (κ2) is 8.70. The Hall–Kier alpha value is -2.67. The second-order valence-electron chi connectivity index (χ2n) is 9.44. The maximum Gasteiger partial charge on any atom is 0.325 e. The van der Waals surface area contributed by atoms with Crippen LogP contribution in [0.2, 0.25) is 0 Å². The lowest BCUT2D eigenvalue weighted by molar-refractivity contribution is -0.178. The van der Waals surface area contributed by atoms with Crippen LogP contribution in [0.15, 0.2) is 18.2 Å². The number of benzene rings is 1. The number of nitrogens with zero attached hydrogens (tertiary/aromatic N) is 4. The number of amides is 1. The van der Waals surface area contributed by atoms with E-state index in [2.05, 4.69) is 11.0 Å². The van der Waals surface area contributed by atoms with Crippen molar-refractivity contribution in [2.45, 2.75) is 50.7 Å². The maximum absolute atomic E-state index is 12.6. The smallest absolute Gasteiger partial charge is 0.325 e. The van der Waals surface area contributed by atoms with Crippen molar-refractivity contribution in [2.75, 3.05) is 26.2 Å². The molecule has 1 amide bonds. The van der Waals surface area contributed by atoms with E-state index in [0.717, 1.165) is 37.1 Å². The Labute approximate surface area is 188 Å². The molecule has 4 N–H and O–H groups in total. The molecule has 172 valence electrons. The predicted molar refractivity (Wildman–Crippen MR) is 116 cm³/mol. The van der Waals surface area contributed by atoms with Gasteiger partial charge in [-0.2, -0.15) is 5.26 Å². The summed E-state index contributed by atoms with van der Waals surface area (Å²) in [6.45, 7) is 4.81. The van der Waals surface area contributed by atoms with E-state index in [1.165, 1.54) is 0 Å². The molecule has 9 nitrogen and oxygen atoms in total. The van der Waals surface area contributed by atoms with Crippen LogP contribution in [-0.4, -0.2) is 74.8 Å². The zero-order valence-corrected chi connectivity index (χ0v) is 18.4. The number of hydrazine groups is 1. The maximum atomic E-state index is 12.6. The summed E-state index contributed by atoms with van der Waals surface area (Å²) >= 11 is 0. The number of carboxylic acids is 1. The van der Waals surface area contributed by atoms with E-state index < -0.39 is 23.5 Å². The van der Waals surface area contributed by atoms with Gasteiger partial charge in [0.1, 0.15) is 17.3 Å². The number of rotatable bonds is 5. The molecule has 0 aromatic heterocycles. The zero-order valence-electron chi connectivity index (χ0n) is 18.4. The number of piperidine rings is 1. The van der Waals surface area contributed by atoms with Crippen molar-refractivity contribution in [1.29, 1.82) is 5.26 Å². The topological polar surface area (TPSA) is 134 Å². The number of carbonyl (C=O) groups is 2. The van der Waals surface area contributed by atoms with Gasteiger partial charge in [0.15, 0.2) is 0 Å². The average molecular weight is 442 g/mol. The highest BCUT2D eigenvalue weighted by atomic mass is 16.4. The molecule has 1 aromatic rings. The summed E-state index contributed by atoms with van der Waals surface area (Å²) < 4.78 is 0. The normalized spacial score (nSPS) is 30.0. The highest BCUT2D eigenvalue weighted by molar-refractivity contribution is 5.81. The molecule has 3 aliphatic rings. The summed E-state index contributed by atoms with van der Waals surface area (Å²) in [4.78, 5) is 27.2. The molecule has 2 fully saturated rings. The van der Waals surface area contributed by atoms with Gasteiger partial charge in [0.2, 0.25) is 5.91 Å². The third-order valence-corrected chi connectivity index (χ3v) is 7.64. The number of nitrogens with two attached hydrogens (primary N) is 1. The van der Waals surface area contributed by atoms with Crippen molar-refractivity contribution < 1.29 is 19.8 Å². The van der Waals surface area contributed by atoms with E-state index in [1.807, 2.05) is 5.01 Å². The summed E-state index contributed by atoms with van der Waals surface area (Å²) in [6, 6.07) is 6.75. The molecule has 0 spiro atoms. The van der Waals surface area contributed by atoms with Crippen LogP contribution in [0.5, 0.6) is 5.75 Å². The van der Waals surface area contributed by atoms with Crippen LogP contribution in [0.1, 0.15) is 37.3 Å². The molecule has 1 aromatic carbocycles. The molecule has 32 heavy (non-hydrogen) atoms. The lowest BCUT2D eigenvalue weighted by atomic mass is 9.85. The van der Waals surface area contributed by atoms with Gasteiger partial charge in [0.05, 0.1) is 6.07 Å². The standard InChI is InChI=1S/C23H31N5O4/c1-23(22(31)32)18(14-26-7-4-15(12-24)5-8-26)6-9-28(23)27-13-17-10-19(29)3-2-16(17)11-20(27)21(25)30/h2-3,10,15,18,20,29H,4-9,11,13-14H2,1H3,(H2,25,30)(H,31,32)/t18-,20?,23-/m0/s1. The number of aliphatic carboxylic acids is 1. The number of hydrogen-bond donors (Lipinski definition) is 3. The molecule has 0 saturated carbocycles. The van der Waals surface area contributed by atoms with Crippen LogP contribution in [-0.2, 0) is 22.6 Å². The number of hydrogen-bond acceptors (Lipinski definition) is 7. The van der Waals surface area contributed by atoms with Gasteiger partial charge in [-0.3, -0.25) is 9.59 Å². The highest BCUT2D eigenvalue weighted by Crippen LogP contribution is 2.40. The number of primary amides is 1. The molecule has 1 unspecified atom stereocenters. The number of carboxylic acid groups (broad SMARTS) is 1. The Bertz CT molecular complexity index is 939. The number of nitriles is 1. The van der Waals surface area contributed by atoms with Crippen molar-refractivity contribution in [2.24, 2.45) is 17.6 Å². The van der Waals surface area contributed by atoms with Gasteiger partial charge in [0.25, 0.3) is 0 Å². The van der Waals surface area contributed by atoms with Crippen LogP contribution < -0.4 is 5.73 Å². The molecule has 0 bridgehead atoms. The number of carbonyl (C=O) groups excluding carboxylic acids is 1. The molecule has 9 heteroatoms. The summed E-state index contributed by atoms with van der Waals surface area (Å²) in [5.74, 6) is -1.31. The molecule has 3 atom stereocenters. The number of phenols is 1. The average Bonchev–Trinajstić information content (AvgIpc) is 3.10.